The number of nitrogens with zero attached hydrogens (tertiary/aromatic N) is 1. The van der Waals surface area contributed by atoms with Gasteiger partial charge >= 0.3 is 0 Å². The molecule has 0 atom stereocenters. The van der Waals surface area contributed by atoms with Gasteiger partial charge in [-0.3, -0.25) is 4.79 Å². The van der Waals surface area contributed by atoms with Gasteiger partial charge in [-0.05, 0) is 12.1 Å². The third-order valence-corrected chi connectivity index (χ3v) is 2.62. The molecular formula is C13H9FN2O. The van der Waals surface area contributed by atoms with E-state index in [9.17, 15) is 9.18 Å². The minimum Gasteiger partial charge on any atom is -0.340 e. The summed E-state index contributed by atoms with van der Waals surface area (Å²) in [5, 5.41) is 0. The van der Waals surface area contributed by atoms with Crippen LogP contribution in [-0.4, -0.2) is 9.38 Å². The van der Waals surface area contributed by atoms with E-state index in [4.69, 9.17) is 0 Å². The smallest absolute Gasteiger partial charge is 0.183 e. The molecule has 0 fully saturated rings. The van der Waals surface area contributed by atoms with E-state index in [2.05, 4.69) is 4.98 Å². The van der Waals surface area contributed by atoms with Crippen LogP contribution in [-0.2, 0) is 0 Å². The van der Waals surface area contributed by atoms with Gasteiger partial charge in [-0.2, -0.15) is 0 Å². The number of H-pyrrole nitrogens is 1. The molecular weight excluding hydrogens is 219 g/mol. The summed E-state index contributed by atoms with van der Waals surface area (Å²) in [5.41, 5.74) is 2.16. The Labute approximate surface area is 96.2 Å². The first-order chi connectivity index (χ1) is 8.22. The van der Waals surface area contributed by atoms with Crippen molar-refractivity contribution < 1.29 is 4.39 Å². The Hall–Kier alpha value is -2.36. The predicted molar refractivity (Wildman–Crippen MR) is 63.4 cm³/mol. The zero-order chi connectivity index (χ0) is 11.8. The van der Waals surface area contributed by atoms with E-state index in [1.807, 2.05) is 12.3 Å². The van der Waals surface area contributed by atoms with Crippen LogP contribution in [0.3, 0.4) is 0 Å². The predicted octanol–water partition coefficient (Wildman–Crippen LogP) is 2.43. The van der Waals surface area contributed by atoms with E-state index >= 15 is 0 Å². The Morgan fingerprint density at radius 1 is 1.18 bits per heavy atom. The number of hydrogen-bond acceptors (Lipinski definition) is 1. The monoisotopic (exact) mass is 228 g/mol. The molecule has 0 saturated carbocycles. The van der Waals surface area contributed by atoms with Crippen molar-refractivity contribution in [3.63, 3.8) is 0 Å². The van der Waals surface area contributed by atoms with Crippen molar-refractivity contribution >= 4 is 5.65 Å². The molecule has 0 aliphatic carbocycles. The second-order valence-electron chi connectivity index (χ2n) is 3.83. The number of nitrogens with one attached hydrogen (secondary N) is 1. The van der Waals surface area contributed by atoms with E-state index in [0.717, 1.165) is 11.3 Å². The van der Waals surface area contributed by atoms with E-state index in [1.54, 1.807) is 16.7 Å². The van der Waals surface area contributed by atoms with Gasteiger partial charge in [0, 0.05) is 30.1 Å². The fourth-order valence-corrected chi connectivity index (χ4v) is 1.82. The number of hydrogen-bond donors (Lipinski definition) is 1. The number of aromatic nitrogens is 2. The number of benzene rings is 1. The highest BCUT2D eigenvalue weighted by molar-refractivity contribution is 5.62. The van der Waals surface area contributed by atoms with Gasteiger partial charge in [0.2, 0.25) is 0 Å². The number of rotatable bonds is 1. The van der Waals surface area contributed by atoms with Crippen LogP contribution in [0.1, 0.15) is 0 Å². The molecule has 1 N–H and O–H groups in total. The van der Waals surface area contributed by atoms with Crippen LogP contribution in [0, 0.1) is 5.82 Å². The summed E-state index contributed by atoms with van der Waals surface area (Å²) in [6.07, 6.45) is 3.50. The number of aromatic amines is 1. The first kappa shape index (κ1) is 9.84. The molecule has 3 aromatic rings. The van der Waals surface area contributed by atoms with Crippen molar-refractivity contribution in [3.8, 4) is 11.3 Å². The summed E-state index contributed by atoms with van der Waals surface area (Å²) in [4.78, 5) is 14.3. The SMILES string of the molecule is O=c1ccn2cc(-c3cccc(F)c3)[nH]c2c1. The molecule has 0 bridgehead atoms. The summed E-state index contributed by atoms with van der Waals surface area (Å²) < 4.78 is 14.9. The molecule has 2 aromatic heterocycles. The first-order valence-electron chi connectivity index (χ1n) is 5.19. The van der Waals surface area contributed by atoms with E-state index in [0.29, 0.717) is 5.65 Å². The van der Waals surface area contributed by atoms with Crippen molar-refractivity contribution in [1.29, 1.82) is 0 Å². The lowest BCUT2D eigenvalue weighted by Gasteiger charge is -1.95. The topological polar surface area (TPSA) is 37.3 Å². The summed E-state index contributed by atoms with van der Waals surface area (Å²) in [7, 11) is 0. The number of fused-ring (bicyclic) bond motifs is 1. The Kier molecular flexibility index (Phi) is 2.08. The van der Waals surface area contributed by atoms with Crippen LogP contribution in [0.2, 0.25) is 0 Å². The van der Waals surface area contributed by atoms with E-state index in [-0.39, 0.29) is 11.2 Å². The van der Waals surface area contributed by atoms with Gasteiger partial charge in [0.05, 0.1) is 5.69 Å². The lowest BCUT2D eigenvalue weighted by Crippen LogP contribution is -1.97. The summed E-state index contributed by atoms with van der Waals surface area (Å²) in [5.74, 6) is -0.282. The largest absolute Gasteiger partial charge is 0.340 e. The number of pyridine rings is 1. The van der Waals surface area contributed by atoms with E-state index in [1.165, 1.54) is 24.3 Å². The molecule has 3 rings (SSSR count). The van der Waals surface area contributed by atoms with Gasteiger partial charge in [-0.1, -0.05) is 12.1 Å². The van der Waals surface area contributed by atoms with Gasteiger partial charge < -0.3 is 9.38 Å². The lowest BCUT2D eigenvalue weighted by atomic mass is 10.2. The third kappa shape index (κ3) is 1.73. The highest BCUT2D eigenvalue weighted by Gasteiger charge is 2.03. The molecule has 2 heterocycles. The Balaban J connectivity index is 2.21. The van der Waals surface area contributed by atoms with E-state index < -0.39 is 0 Å². The zero-order valence-electron chi connectivity index (χ0n) is 8.85. The summed E-state index contributed by atoms with van der Waals surface area (Å²) >= 11 is 0. The molecule has 0 aliphatic heterocycles. The Morgan fingerprint density at radius 3 is 2.88 bits per heavy atom. The maximum atomic E-state index is 13.1. The molecule has 0 unspecified atom stereocenters. The van der Waals surface area contributed by atoms with Crippen LogP contribution in [0.4, 0.5) is 4.39 Å². The highest BCUT2D eigenvalue weighted by atomic mass is 19.1. The molecule has 0 saturated heterocycles. The second-order valence-corrected chi connectivity index (χ2v) is 3.83. The second kappa shape index (κ2) is 3.59. The average molecular weight is 228 g/mol. The lowest BCUT2D eigenvalue weighted by molar-refractivity contribution is 0.628. The maximum Gasteiger partial charge on any atom is 0.183 e. The fourth-order valence-electron chi connectivity index (χ4n) is 1.82. The molecule has 17 heavy (non-hydrogen) atoms. The number of halogens is 1. The molecule has 1 aromatic carbocycles. The van der Waals surface area contributed by atoms with Crippen LogP contribution in [0.5, 0.6) is 0 Å². The Morgan fingerprint density at radius 2 is 2.06 bits per heavy atom. The fraction of sp³-hybridized carbons (Fsp3) is 0. The highest BCUT2D eigenvalue weighted by Crippen LogP contribution is 2.19. The van der Waals surface area contributed by atoms with Crippen LogP contribution < -0.4 is 5.43 Å². The normalized spacial score (nSPS) is 10.9. The van der Waals surface area contributed by atoms with Gasteiger partial charge in [0.25, 0.3) is 0 Å². The van der Waals surface area contributed by atoms with Crippen LogP contribution >= 0.6 is 0 Å². The summed E-state index contributed by atoms with van der Waals surface area (Å²) in [6, 6.07) is 9.30. The van der Waals surface area contributed by atoms with Crippen molar-refractivity contribution in [2.24, 2.45) is 0 Å². The van der Waals surface area contributed by atoms with Crippen molar-refractivity contribution in [2.45, 2.75) is 0 Å². The number of imidazole rings is 1. The average Bonchev–Trinajstić information content (AvgIpc) is 2.72. The van der Waals surface area contributed by atoms with Gasteiger partial charge in [-0.25, -0.2) is 4.39 Å². The molecule has 0 amide bonds. The van der Waals surface area contributed by atoms with Crippen molar-refractivity contribution in [3.05, 3.63) is 64.8 Å². The van der Waals surface area contributed by atoms with Gasteiger partial charge in [0.1, 0.15) is 11.5 Å². The molecule has 0 aliphatic rings. The van der Waals surface area contributed by atoms with Crippen molar-refractivity contribution in [1.82, 2.24) is 9.38 Å². The minimum atomic E-state index is -0.282. The molecule has 4 heteroatoms. The summed E-state index contributed by atoms with van der Waals surface area (Å²) in [6.45, 7) is 0. The molecule has 3 nitrogen and oxygen atoms in total. The molecule has 0 radical (unpaired) electrons. The van der Waals surface area contributed by atoms with Gasteiger partial charge in [0.15, 0.2) is 5.43 Å². The standard InChI is InChI=1S/C13H9FN2O/c14-10-3-1-2-9(6-10)12-8-16-5-4-11(17)7-13(16)15-12/h1-8,15H. The van der Waals surface area contributed by atoms with Crippen molar-refractivity contribution in [2.75, 3.05) is 0 Å². The van der Waals surface area contributed by atoms with Crippen LogP contribution in [0.25, 0.3) is 16.9 Å². The minimum absolute atomic E-state index is 0.0577. The van der Waals surface area contributed by atoms with Crippen LogP contribution in [0.15, 0.2) is 53.6 Å². The quantitative estimate of drug-likeness (QED) is 0.682. The van der Waals surface area contributed by atoms with Gasteiger partial charge in [-0.15, -0.1) is 0 Å². The molecule has 0 spiro atoms. The third-order valence-electron chi connectivity index (χ3n) is 2.62. The Bertz CT molecular complexity index is 742. The zero-order valence-corrected chi connectivity index (χ0v) is 8.85. The first-order valence-corrected chi connectivity index (χ1v) is 5.19. The molecule has 84 valence electrons. The maximum absolute atomic E-state index is 13.1.